The van der Waals surface area contributed by atoms with Crippen molar-refractivity contribution in [2.45, 2.75) is 159 Å². The minimum absolute atomic E-state index is 0.174. The molecule has 1 aliphatic rings. The van der Waals surface area contributed by atoms with Gasteiger partial charge in [-0.3, -0.25) is 9.05 Å². The normalized spacial score (nSPS) is 21.1. The number of nitriles is 1. The Labute approximate surface area is 338 Å². The molecule has 0 amide bonds. The predicted molar refractivity (Wildman–Crippen MR) is 218 cm³/mol. The van der Waals surface area contributed by atoms with Crippen molar-refractivity contribution in [2.75, 3.05) is 32.7 Å². The third-order valence-corrected chi connectivity index (χ3v) is 11.9. The van der Waals surface area contributed by atoms with E-state index in [4.69, 9.17) is 29.0 Å². The number of aromatic nitrogens is 3. The molecule has 4 rings (SSSR count). The summed E-state index contributed by atoms with van der Waals surface area (Å²) in [6.07, 6.45) is 21.3. The predicted octanol–water partition coefficient (Wildman–Crippen LogP) is 8.29. The van der Waals surface area contributed by atoms with Gasteiger partial charge in [-0.2, -0.15) is 10.4 Å². The van der Waals surface area contributed by atoms with Crippen LogP contribution in [0.2, 0.25) is 0 Å². The number of aliphatic hydroxyl groups excluding tert-OH is 1. The van der Waals surface area contributed by atoms with E-state index in [1.54, 1.807) is 30.3 Å². The molecule has 57 heavy (non-hydrogen) atoms. The standard InChI is InChI=1S/C42H66N5O9P/c1-4-5-6-7-8-9-10-11-12-13-14-15-16-17-18-19-20-21-35(53-28-33-22-23-34(27-43)37(26-33)52-3)29-55-57(50,51)56-30-41(2)40(48)42(49,31-54-41)38-25-24-36-39(44)45-32-46-47(36)38/h22-26,32,35,40,48-49H,4-21,28-31H2,1-3H3,(H,50,51)(H2,44,45,46)/t35-,40-,41-,42+/m1/s1. The smallest absolute Gasteiger partial charge is 0.472 e. The molecule has 3 aromatic rings. The Morgan fingerprint density at radius 1 is 0.982 bits per heavy atom. The zero-order valence-electron chi connectivity index (χ0n) is 34.3. The van der Waals surface area contributed by atoms with Crippen molar-refractivity contribution < 1.29 is 42.9 Å². The average molecular weight is 816 g/mol. The highest BCUT2D eigenvalue weighted by Crippen LogP contribution is 2.48. The molecule has 0 aliphatic carbocycles. The van der Waals surface area contributed by atoms with Crippen LogP contribution in [0, 0.1) is 11.3 Å². The van der Waals surface area contributed by atoms with Gasteiger partial charge < -0.3 is 35.1 Å². The van der Waals surface area contributed by atoms with Gasteiger partial charge >= 0.3 is 7.82 Å². The second kappa shape index (κ2) is 23.5. The number of benzene rings is 1. The zero-order chi connectivity index (χ0) is 41.2. The first kappa shape index (κ1) is 46.6. The molecule has 2 aromatic heterocycles. The molecule has 0 radical (unpaired) electrons. The summed E-state index contributed by atoms with van der Waals surface area (Å²) in [5, 5.41) is 36.4. The Morgan fingerprint density at radius 3 is 2.19 bits per heavy atom. The number of hydrogen-bond acceptors (Lipinski definition) is 12. The molecule has 1 aromatic carbocycles. The molecule has 5 N–H and O–H groups in total. The van der Waals surface area contributed by atoms with Gasteiger partial charge in [0.25, 0.3) is 0 Å². The van der Waals surface area contributed by atoms with Crippen LogP contribution in [0.4, 0.5) is 5.82 Å². The third kappa shape index (κ3) is 14.0. The van der Waals surface area contributed by atoms with Gasteiger partial charge in [-0.05, 0) is 43.2 Å². The van der Waals surface area contributed by atoms with Crippen LogP contribution >= 0.6 is 7.82 Å². The zero-order valence-corrected chi connectivity index (χ0v) is 35.2. The Morgan fingerprint density at radius 2 is 1.60 bits per heavy atom. The van der Waals surface area contributed by atoms with E-state index in [-0.39, 0.29) is 31.3 Å². The molecule has 0 bridgehead atoms. The van der Waals surface area contributed by atoms with Crippen LogP contribution in [0.1, 0.15) is 146 Å². The number of ether oxygens (including phenoxy) is 3. The van der Waals surface area contributed by atoms with E-state index in [0.717, 1.165) is 24.8 Å². The molecule has 318 valence electrons. The second-order valence-corrected chi connectivity index (χ2v) is 17.1. The average Bonchev–Trinajstić information content (AvgIpc) is 3.76. The first-order chi connectivity index (χ1) is 27.5. The summed E-state index contributed by atoms with van der Waals surface area (Å²) in [6.45, 7) is 2.80. The quantitative estimate of drug-likeness (QED) is 0.0385. The van der Waals surface area contributed by atoms with Crippen LogP contribution < -0.4 is 10.5 Å². The molecular weight excluding hydrogens is 749 g/mol. The van der Waals surface area contributed by atoms with E-state index < -0.39 is 37.8 Å². The monoisotopic (exact) mass is 815 g/mol. The lowest BCUT2D eigenvalue weighted by Crippen LogP contribution is -2.49. The van der Waals surface area contributed by atoms with Crippen LogP contribution in [-0.4, -0.2) is 74.4 Å². The molecular formula is C42H66N5O9P. The number of hydrogen-bond donors (Lipinski definition) is 4. The molecule has 0 saturated carbocycles. The number of rotatable bonds is 29. The number of nitrogens with zero attached hydrogens (tertiary/aromatic N) is 4. The number of methoxy groups -OCH3 is 1. The number of nitrogens with two attached hydrogens (primary N) is 1. The summed E-state index contributed by atoms with van der Waals surface area (Å²) in [6, 6.07) is 10.5. The van der Waals surface area contributed by atoms with Gasteiger partial charge in [-0.25, -0.2) is 14.1 Å². The number of nitrogen functional groups attached to an aromatic ring is 1. The van der Waals surface area contributed by atoms with Crippen LogP contribution in [0.3, 0.4) is 0 Å². The number of fused-ring (bicyclic) bond motifs is 1. The number of phosphoric ester groups is 1. The molecule has 1 unspecified atom stereocenters. The largest absolute Gasteiger partial charge is 0.495 e. The van der Waals surface area contributed by atoms with Gasteiger partial charge in [-0.1, -0.05) is 122 Å². The summed E-state index contributed by atoms with van der Waals surface area (Å²) >= 11 is 0. The summed E-state index contributed by atoms with van der Waals surface area (Å²) in [5.74, 6) is 0.633. The Hall–Kier alpha value is -3.12. The SMILES string of the molecule is CCCCCCCCCCCCCCCCCCC[C@H](COP(=O)(O)OC[C@@]1(C)OC[C@](O)(c2ccc3c(N)ncnn23)[C@@H]1O)OCc1ccc(C#N)c(OC)c1. The minimum atomic E-state index is -4.66. The lowest BCUT2D eigenvalue weighted by Gasteiger charge is -2.32. The van der Waals surface area contributed by atoms with Crippen LogP contribution in [-0.2, 0) is 35.3 Å². The van der Waals surface area contributed by atoms with Crippen LogP contribution in [0.25, 0.3) is 5.52 Å². The maximum Gasteiger partial charge on any atom is 0.472 e. The van der Waals surface area contributed by atoms with Crippen LogP contribution in [0.5, 0.6) is 5.75 Å². The number of anilines is 1. The summed E-state index contributed by atoms with van der Waals surface area (Å²) in [7, 11) is -3.16. The second-order valence-electron chi connectivity index (χ2n) is 15.7. The van der Waals surface area contributed by atoms with Crippen molar-refractivity contribution in [3.63, 3.8) is 0 Å². The third-order valence-electron chi connectivity index (χ3n) is 11.0. The van der Waals surface area contributed by atoms with Crippen molar-refractivity contribution in [2.24, 2.45) is 0 Å². The molecule has 14 nitrogen and oxygen atoms in total. The highest BCUT2D eigenvalue weighted by atomic mass is 31.2. The Bertz CT molecular complexity index is 1740. The van der Waals surface area contributed by atoms with Crippen molar-refractivity contribution in [3.05, 3.63) is 53.5 Å². The molecule has 0 spiro atoms. The lowest BCUT2D eigenvalue weighted by atomic mass is 9.86. The Balaban J connectivity index is 1.21. The lowest BCUT2D eigenvalue weighted by molar-refractivity contribution is -0.100. The maximum atomic E-state index is 13.2. The first-order valence-electron chi connectivity index (χ1n) is 20.9. The van der Waals surface area contributed by atoms with E-state index in [2.05, 4.69) is 23.1 Å². The van der Waals surface area contributed by atoms with Gasteiger partial charge in [0.05, 0.1) is 50.9 Å². The molecule has 15 heteroatoms. The van der Waals surface area contributed by atoms with E-state index in [0.29, 0.717) is 23.3 Å². The van der Waals surface area contributed by atoms with Gasteiger partial charge in [0.1, 0.15) is 35.4 Å². The molecule has 1 aliphatic heterocycles. The van der Waals surface area contributed by atoms with Gasteiger partial charge in [-0.15, -0.1) is 0 Å². The summed E-state index contributed by atoms with van der Waals surface area (Å²) < 4.78 is 42.6. The molecule has 1 saturated heterocycles. The van der Waals surface area contributed by atoms with Crippen molar-refractivity contribution >= 4 is 19.2 Å². The fourth-order valence-electron chi connectivity index (χ4n) is 7.42. The van der Waals surface area contributed by atoms with Gasteiger partial charge in [0.2, 0.25) is 0 Å². The Kier molecular flexibility index (Phi) is 19.2. The highest BCUT2D eigenvalue weighted by molar-refractivity contribution is 7.47. The minimum Gasteiger partial charge on any atom is -0.495 e. The first-order valence-corrected chi connectivity index (χ1v) is 22.4. The van der Waals surface area contributed by atoms with Crippen molar-refractivity contribution in [1.82, 2.24) is 14.6 Å². The molecule has 1 fully saturated rings. The fourth-order valence-corrected chi connectivity index (χ4v) is 8.27. The topological polar surface area (TPSA) is 204 Å². The summed E-state index contributed by atoms with van der Waals surface area (Å²) in [4.78, 5) is 14.7. The van der Waals surface area contributed by atoms with E-state index in [1.807, 2.05) is 0 Å². The maximum absolute atomic E-state index is 13.2. The van der Waals surface area contributed by atoms with Crippen molar-refractivity contribution in [3.8, 4) is 11.8 Å². The van der Waals surface area contributed by atoms with Gasteiger partial charge in [0, 0.05) is 0 Å². The van der Waals surface area contributed by atoms with Gasteiger partial charge in [0.15, 0.2) is 11.4 Å². The van der Waals surface area contributed by atoms with E-state index in [1.165, 1.54) is 115 Å². The van der Waals surface area contributed by atoms with E-state index >= 15 is 0 Å². The van der Waals surface area contributed by atoms with Crippen LogP contribution in [0.15, 0.2) is 36.7 Å². The number of phosphoric acid groups is 1. The van der Waals surface area contributed by atoms with E-state index in [9.17, 15) is 24.9 Å². The van der Waals surface area contributed by atoms with Crippen molar-refractivity contribution in [1.29, 1.82) is 5.26 Å². The number of aliphatic hydroxyl groups is 2. The molecule has 5 atom stereocenters. The molecule has 3 heterocycles. The number of unbranched alkanes of at least 4 members (excludes halogenated alkanes) is 16. The highest BCUT2D eigenvalue weighted by Gasteiger charge is 2.58. The summed E-state index contributed by atoms with van der Waals surface area (Å²) in [5.41, 5.74) is 4.29. The fraction of sp³-hybridized carbons (Fsp3) is 0.690.